The molecule has 0 aliphatic heterocycles. The second-order valence-electron chi connectivity index (χ2n) is 5.29. The van der Waals surface area contributed by atoms with Gasteiger partial charge in [-0.1, -0.05) is 23.8 Å². The number of non-ortho nitro benzene ring substituents is 1. The highest BCUT2D eigenvalue weighted by Crippen LogP contribution is 2.37. The van der Waals surface area contributed by atoms with Crippen LogP contribution in [0.15, 0.2) is 24.3 Å². The van der Waals surface area contributed by atoms with Crippen LogP contribution in [0.4, 0.5) is 5.69 Å². The van der Waals surface area contributed by atoms with E-state index in [0.29, 0.717) is 18.2 Å². The Morgan fingerprint density at radius 1 is 1.33 bits per heavy atom. The van der Waals surface area contributed by atoms with E-state index in [1.165, 1.54) is 18.6 Å². The number of aromatic nitrogens is 3. The molecule has 0 atom stereocenters. The molecule has 1 saturated carbocycles. The first kappa shape index (κ1) is 13.7. The topological polar surface area (TPSA) is 94.1 Å². The fraction of sp³-hybridized carbons (Fsp3) is 0.429. The van der Waals surface area contributed by atoms with Crippen molar-refractivity contribution in [2.24, 2.45) is 0 Å². The van der Waals surface area contributed by atoms with Gasteiger partial charge in [-0.25, -0.2) is 4.68 Å². The monoisotopic (exact) mass is 288 g/mol. The minimum Gasteiger partial charge on any atom is -0.390 e. The molecule has 0 amide bonds. The second kappa shape index (κ2) is 5.61. The Labute approximate surface area is 121 Å². The normalized spacial score (nSPS) is 14.9. The summed E-state index contributed by atoms with van der Waals surface area (Å²) in [5.74, 6) is 0.417. The number of nitrogens with zero attached hydrogens (tertiary/aromatic N) is 4. The molecule has 21 heavy (non-hydrogen) atoms. The molecule has 0 saturated heterocycles. The van der Waals surface area contributed by atoms with Gasteiger partial charge in [-0.15, -0.1) is 5.10 Å². The van der Waals surface area contributed by atoms with Crippen LogP contribution in [0.5, 0.6) is 0 Å². The summed E-state index contributed by atoms with van der Waals surface area (Å²) in [5, 5.41) is 28.2. The highest BCUT2D eigenvalue weighted by molar-refractivity contribution is 5.33. The van der Waals surface area contributed by atoms with Gasteiger partial charge in [0.25, 0.3) is 5.69 Å². The van der Waals surface area contributed by atoms with Gasteiger partial charge in [-0.2, -0.15) is 0 Å². The standard InChI is InChI=1S/C14H16N4O3/c19-9-13-14(11-2-1-3-11)17(16-15-13)8-10-4-6-12(7-5-10)18(20)21/h4-7,11,19H,1-3,8-9H2. The number of aliphatic hydroxyl groups is 1. The minimum atomic E-state index is -0.414. The number of rotatable bonds is 5. The summed E-state index contributed by atoms with van der Waals surface area (Å²) < 4.78 is 1.80. The molecule has 1 aliphatic rings. The average Bonchev–Trinajstić information content (AvgIpc) is 2.80. The van der Waals surface area contributed by atoms with Crippen LogP contribution >= 0.6 is 0 Å². The van der Waals surface area contributed by atoms with E-state index in [2.05, 4.69) is 10.3 Å². The average molecular weight is 288 g/mol. The number of nitro groups is 1. The Balaban J connectivity index is 1.84. The predicted octanol–water partition coefficient (Wildman–Crippen LogP) is 1.99. The summed E-state index contributed by atoms with van der Waals surface area (Å²) in [5.41, 5.74) is 2.65. The van der Waals surface area contributed by atoms with Crippen LogP contribution in [-0.4, -0.2) is 25.0 Å². The zero-order chi connectivity index (χ0) is 14.8. The SMILES string of the molecule is O=[N+]([O-])c1ccc(Cn2nnc(CO)c2C2CCC2)cc1. The van der Waals surface area contributed by atoms with Crippen molar-refractivity contribution < 1.29 is 10.0 Å². The Morgan fingerprint density at radius 3 is 2.57 bits per heavy atom. The van der Waals surface area contributed by atoms with Gasteiger partial charge in [0, 0.05) is 18.1 Å². The van der Waals surface area contributed by atoms with Crippen LogP contribution in [-0.2, 0) is 13.2 Å². The van der Waals surface area contributed by atoms with Gasteiger partial charge in [0.05, 0.1) is 23.8 Å². The van der Waals surface area contributed by atoms with Gasteiger partial charge < -0.3 is 5.11 Å². The predicted molar refractivity (Wildman–Crippen MR) is 74.7 cm³/mol. The zero-order valence-corrected chi connectivity index (χ0v) is 11.5. The lowest BCUT2D eigenvalue weighted by molar-refractivity contribution is -0.384. The Bertz CT molecular complexity index is 647. The summed E-state index contributed by atoms with van der Waals surface area (Å²) in [6.45, 7) is 0.406. The molecule has 0 unspecified atom stereocenters. The molecule has 0 radical (unpaired) electrons. The molecular weight excluding hydrogens is 272 g/mol. The lowest BCUT2D eigenvalue weighted by atomic mass is 9.82. The molecule has 3 rings (SSSR count). The summed E-state index contributed by atoms with van der Waals surface area (Å²) >= 11 is 0. The van der Waals surface area contributed by atoms with Crippen molar-refractivity contribution in [1.29, 1.82) is 0 Å². The summed E-state index contributed by atoms with van der Waals surface area (Å²) in [7, 11) is 0. The van der Waals surface area contributed by atoms with Crippen LogP contribution in [0.2, 0.25) is 0 Å². The maximum atomic E-state index is 10.7. The lowest BCUT2D eigenvalue weighted by Gasteiger charge is -2.26. The van der Waals surface area contributed by atoms with Crippen molar-refractivity contribution in [3.05, 3.63) is 51.3 Å². The Kier molecular flexibility index (Phi) is 3.66. The number of hydrogen-bond donors (Lipinski definition) is 1. The first-order valence-electron chi connectivity index (χ1n) is 6.95. The fourth-order valence-corrected chi connectivity index (χ4v) is 2.61. The largest absolute Gasteiger partial charge is 0.390 e. The van der Waals surface area contributed by atoms with Crippen molar-refractivity contribution in [1.82, 2.24) is 15.0 Å². The maximum absolute atomic E-state index is 10.7. The van der Waals surface area contributed by atoms with Gasteiger partial charge in [0.15, 0.2) is 0 Å². The molecule has 0 bridgehead atoms. The second-order valence-corrected chi connectivity index (χ2v) is 5.29. The lowest BCUT2D eigenvalue weighted by Crippen LogP contribution is -2.17. The molecule has 1 N–H and O–H groups in total. The molecule has 1 fully saturated rings. The summed E-state index contributed by atoms with van der Waals surface area (Å²) in [6.07, 6.45) is 3.39. The highest BCUT2D eigenvalue weighted by Gasteiger charge is 2.27. The first-order chi connectivity index (χ1) is 10.2. The van der Waals surface area contributed by atoms with E-state index in [1.54, 1.807) is 16.8 Å². The van der Waals surface area contributed by atoms with E-state index < -0.39 is 4.92 Å². The van der Waals surface area contributed by atoms with Gasteiger partial charge in [0.1, 0.15) is 5.69 Å². The third kappa shape index (κ3) is 2.64. The summed E-state index contributed by atoms with van der Waals surface area (Å²) in [6, 6.07) is 6.43. The van der Waals surface area contributed by atoms with Crippen molar-refractivity contribution in [3.8, 4) is 0 Å². The molecule has 110 valence electrons. The third-order valence-corrected chi connectivity index (χ3v) is 3.97. The van der Waals surface area contributed by atoms with Gasteiger partial charge in [-0.3, -0.25) is 10.1 Å². The van der Waals surface area contributed by atoms with Crippen LogP contribution in [0.25, 0.3) is 0 Å². The van der Waals surface area contributed by atoms with E-state index in [9.17, 15) is 15.2 Å². The first-order valence-corrected chi connectivity index (χ1v) is 6.95. The molecule has 7 heteroatoms. The molecule has 1 heterocycles. The van der Waals surface area contributed by atoms with Gasteiger partial charge in [-0.05, 0) is 18.4 Å². The van der Waals surface area contributed by atoms with Crippen molar-refractivity contribution in [2.75, 3.05) is 0 Å². The quantitative estimate of drug-likeness (QED) is 0.670. The van der Waals surface area contributed by atoms with E-state index in [-0.39, 0.29) is 12.3 Å². The van der Waals surface area contributed by atoms with Crippen LogP contribution in [0, 0.1) is 10.1 Å². The van der Waals surface area contributed by atoms with E-state index in [4.69, 9.17) is 0 Å². The molecule has 0 spiro atoms. The van der Waals surface area contributed by atoms with E-state index in [1.807, 2.05) is 0 Å². The number of hydrogen-bond acceptors (Lipinski definition) is 5. The van der Waals surface area contributed by atoms with Crippen molar-refractivity contribution in [2.45, 2.75) is 38.3 Å². The number of aliphatic hydroxyl groups excluding tert-OH is 1. The zero-order valence-electron chi connectivity index (χ0n) is 11.5. The van der Waals surface area contributed by atoms with E-state index >= 15 is 0 Å². The summed E-state index contributed by atoms with van der Waals surface area (Å²) in [4.78, 5) is 10.2. The minimum absolute atomic E-state index is 0.0765. The Morgan fingerprint density at radius 2 is 2.05 bits per heavy atom. The van der Waals surface area contributed by atoms with Crippen molar-refractivity contribution >= 4 is 5.69 Å². The van der Waals surface area contributed by atoms with Crippen LogP contribution in [0.3, 0.4) is 0 Å². The van der Waals surface area contributed by atoms with Gasteiger partial charge >= 0.3 is 0 Å². The number of nitro benzene ring substituents is 1. The van der Waals surface area contributed by atoms with Crippen LogP contribution in [0.1, 0.15) is 42.1 Å². The van der Waals surface area contributed by atoms with Crippen LogP contribution < -0.4 is 0 Å². The van der Waals surface area contributed by atoms with E-state index in [0.717, 1.165) is 24.1 Å². The van der Waals surface area contributed by atoms with Crippen molar-refractivity contribution in [3.63, 3.8) is 0 Å². The smallest absolute Gasteiger partial charge is 0.269 e. The fourth-order valence-electron chi connectivity index (χ4n) is 2.61. The molecule has 1 aromatic carbocycles. The highest BCUT2D eigenvalue weighted by atomic mass is 16.6. The van der Waals surface area contributed by atoms with Gasteiger partial charge in [0.2, 0.25) is 0 Å². The number of benzene rings is 1. The molecule has 1 aliphatic carbocycles. The molecular formula is C14H16N4O3. The molecule has 1 aromatic heterocycles. The third-order valence-electron chi connectivity index (χ3n) is 3.97. The molecule has 7 nitrogen and oxygen atoms in total. The Hall–Kier alpha value is -2.28. The molecule has 2 aromatic rings. The maximum Gasteiger partial charge on any atom is 0.269 e.